The number of halogens is 1. The predicted octanol–water partition coefficient (Wildman–Crippen LogP) is 3.56. The monoisotopic (exact) mass is 269 g/mol. The van der Waals surface area contributed by atoms with Crippen molar-refractivity contribution in [1.82, 2.24) is 4.98 Å². The van der Waals surface area contributed by atoms with Gasteiger partial charge in [-0.25, -0.2) is 9.37 Å². The van der Waals surface area contributed by atoms with Gasteiger partial charge in [0.25, 0.3) is 0 Å². The van der Waals surface area contributed by atoms with Gasteiger partial charge in [0.15, 0.2) is 0 Å². The minimum atomic E-state index is -0.306. The van der Waals surface area contributed by atoms with Crippen molar-refractivity contribution in [2.24, 2.45) is 0 Å². The van der Waals surface area contributed by atoms with Gasteiger partial charge in [-0.15, -0.1) is 11.3 Å². The molecule has 2 aromatic carbocycles. The van der Waals surface area contributed by atoms with E-state index >= 15 is 0 Å². The lowest BCUT2D eigenvalue weighted by molar-refractivity contribution is 0.629. The summed E-state index contributed by atoms with van der Waals surface area (Å²) < 4.78 is 14.0. The molecule has 2 N–H and O–H groups in total. The molecule has 1 heterocycles. The van der Waals surface area contributed by atoms with Crippen LogP contribution in [0.3, 0.4) is 0 Å². The smallest absolute Gasteiger partial charge is 0.125 e. The minimum Gasteiger partial charge on any atom is -0.398 e. The number of fused-ring (bicyclic) bond motifs is 1. The van der Waals surface area contributed by atoms with E-state index in [0.717, 1.165) is 15.3 Å². The summed E-state index contributed by atoms with van der Waals surface area (Å²) in [6.45, 7) is 0. The first-order valence-electron chi connectivity index (χ1n) is 5.53. The lowest BCUT2D eigenvalue weighted by Gasteiger charge is -1.99. The van der Waals surface area contributed by atoms with Crippen molar-refractivity contribution in [3.05, 3.63) is 47.8 Å². The van der Waals surface area contributed by atoms with Crippen molar-refractivity contribution in [3.8, 4) is 16.6 Å². The third kappa shape index (κ3) is 2.02. The van der Waals surface area contributed by atoms with E-state index < -0.39 is 0 Å². The highest BCUT2D eigenvalue weighted by Gasteiger charge is 2.09. The van der Waals surface area contributed by atoms with Crippen LogP contribution in [0, 0.1) is 17.1 Å². The molecule has 3 rings (SSSR count). The number of nitrogen functional groups attached to an aromatic ring is 1. The van der Waals surface area contributed by atoms with Gasteiger partial charge in [0.2, 0.25) is 0 Å². The van der Waals surface area contributed by atoms with E-state index in [-0.39, 0.29) is 5.82 Å². The summed E-state index contributed by atoms with van der Waals surface area (Å²) in [6, 6.07) is 11.7. The molecule has 92 valence electrons. The van der Waals surface area contributed by atoms with Crippen molar-refractivity contribution >= 4 is 27.2 Å². The largest absolute Gasteiger partial charge is 0.398 e. The van der Waals surface area contributed by atoms with Gasteiger partial charge >= 0.3 is 0 Å². The molecule has 0 aliphatic heterocycles. The number of anilines is 1. The van der Waals surface area contributed by atoms with Gasteiger partial charge in [-0.1, -0.05) is 0 Å². The van der Waals surface area contributed by atoms with Crippen LogP contribution >= 0.6 is 11.3 Å². The van der Waals surface area contributed by atoms with E-state index in [9.17, 15) is 4.39 Å². The zero-order valence-electron chi connectivity index (χ0n) is 9.72. The Balaban J connectivity index is 2.16. The third-order valence-corrected chi connectivity index (χ3v) is 3.86. The van der Waals surface area contributed by atoms with Gasteiger partial charge in [0, 0.05) is 17.3 Å². The van der Waals surface area contributed by atoms with Gasteiger partial charge in [-0.05, 0) is 30.3 Å². The maximum atomic E-state index is 13.1. The Bertz CT molecular complexity index is 817. The molecule has 0 radical (unpaired) electrons. The molecule has 0 aliphatic carbocycles. The molecule has 3 nitrogen and oxygen atoms in total. The van der Waals surface area contributed by atoms with Crippen molar-refractivity contribution in [1.29, 1.82) is 5.26 Å². The van der Waals surface area contributed by atoms with Crippen LogP contribution in [0.25, 0.3) is 20.8 Å². The summed E-state index contributed by atoms with van der Waals surface area (Å²) >= 11 is 1.46. The molecule has 1 aromatic heterocycles. The van der Waals surface area contributed by atoms with Crippen molar-refractivity contribution in [2.45, 2.75) is 0 Å². The highest BCUT2D eigenvalue weighted by atomic mass is 32.1. The van der Waals surface area contributed by atoms with Crippen LogP contribution in [0.4, 0.5) is 10.1 Å². The van der Waals surface area contributed by atoms with Crippen LogP contribution in [0.5, 0.6) is 0 Å². The van der Waals surface area contributed by atoms with E-state index in [1.807, 2.05) is 12.1 Å². The Labute approximate surface area is 112 Å². The number of nitrogens with two attached hydrogens (primary N) is 1. The minimum absolute atomic E-state index is 0.306. The molecule has 0 fully saturated rings. The van der Waals surface area contributed by atoms with Crippen LogP contribution in [-0.4, -0.2) is 4.98 Å². The Morgan fingerprint density at radius 1 is 1.21 bits per heavy atom. The topological polar surface area (TPSA) is 62.7 Å². The molecule has 0 spiro atoms. The Morgan fingerprint density at radius 2 is 2.05 bits per heavy atom. The number of hydrogen-bond donors (Lipinski definition) is 1. The van der Waals surface area contributed by atoms with Crippen LogP contribution in [-0.2, 0) is 0 Å². The summed E-state index contributed by atoms with van der Waals surface area (Å²) in [4.78, 5) is 4.38. The van der Waals surface area contributed by atoms with E-state index in [4.69, 9.17) is 11.0 Å². The maximum absolute atomic E-state index is 13.1. The van der Waals surface area contributed by atoms with Crippen LogP contribution in [0.15, 0.2) is 36.4 Å². The standard InChI is InChI=1S/C14H8FN3S/c15-10-2-4-13-12(6-10)18-14(19-13)8-1-3-11(17)9(5-8)7-16/h1-6H,17H2. The summed E-state index contributed by atoms with van der Waals surface area (Å²) in [7, 11) is 0. The van der Waals surface area contributed by atoms with Crippen LogP contribution in [0.1, 0.15) is 5.56 Å². The molecule has 0 amide bonds. The lowest BCUT2D eigenvalue weighted by Crippen LogP contribution is -1.90. The first-order valence-corrected chi connectivity index (χ1v) is 6.35. The molecule has 5 heteroatoms. The average molecular weight is 269 g/mol. The fourth-order valence-electron chi connectivity index (χ4n) is 1.81. The summed E-state index contributed by atoms with van der Waals surface area (Å²) in [5.74, 6) is -0.306. The normalized spacial score (nSPS) is 10.5. The molecular formula is C14H8FN3S. The quantitative estimate of drug-likeness (QED) is 0.687. The molecule has 19 heavy (non-hydrogen) atoms. The number of nitriles is 1. The maximum Gasteiger partial charge on any atom is 0.125 e. The third-order valence-electron chi connectivity index (χ3n) is 2.77. The molecule has 3 aromatic rings. The molecule has 0 saturated carbocycles. The predicted molar refractivity (Wildman–Crippen MR) is 74.1 cm³/mol. The van der Waals surface area contributed by atoms with Gasteiger partial charge in [0.1, 0.15) is 16.9 Å². The second kappa shape index (κ2) is 4.34. The van der Waals surface area contributed by atoms with Gasteiger partial charge in [-0.3, -0.25) is 0 Å². The molecule has 0 saturated heterocycles. The van der Waals surface area contributed by atoms with Crippen molar-refractivity contribution in [3.63, 3.8) is 0 Å². The summed E-state index contributed by atoms with van der Waals surface area (Å²) in [5, 5.41) is 9.72. The highest BCUT2D eigenvalue weighted by Crippen LogP contribution is 2.31. The van der Waals surface area contributed by atoms with Crippen LogP contribution in [0.2, 0.25) is 0 Å². The molecule has 0 aliphatic rings. The first kappa shape index (κ1) is 11.6. The van der Waals surface area contributed by atoms with Gasteiger partial charge < -0.3 is 5.73 Å². The van der Waals surface area contributed by atoms with Crippen LogP contribution < -0.4 is 5.73 Å². The zero-order chi connectivity index (χ0) is 13.4. The number of nitrogens with zero attached hydrogens (tertiary/aromatic N) is 2. The Kier molecular flexibility index (Phi) is 2.65. The Morgan fingerprint density at radius 3 is 2.84 bits per heavy atom. The van der Waals surface area contributed by atoms with Gasteiger partial charge in [-0.2, -0.15) is 5.26 Å². The second-order valence-corrected chi connectivity index (χ2v) is 5.08. The van der Waals surface area contributed by atoms with E-state index in [0.29, 0.717) is 16.8 Å². The number of rotatable bonds is 1. The molecule has 0 atom stereocenters. The number of benzene rings is 2. The fraction of sp³-hybridized carbons (Fsp3) is 0. The summed E-state index contributed by atoms with van der Waals surface area (Å²) in [6.07, 6.45) is 0. The Hall–Kier alpha value is -2.45. The number of thiazole rings is 1. The van der Waals surface area contributed by atoms with E-state index in [1.165, 1.54) is 23.5 Å². The summed E-state index contributed by atoms with van der Waals surface area (Å²) in [5.41, 5.74) is 7.98. The van der Waals surface area contributed by atoms with Gasteiger partial charge in [0.05, 0.1) is 15.8 Å². The lowest BCUT2D eigenvalue weighted by atomic mass is 10.1. The average Bonchev–Trinajstić information content (AvgIpc) is 2.82. The first-order chi connectivity index (χ1) is 9.17. The molecular weight excluding hydrogens is 261 g/mol. The van der Waals surface area contributed by atoms with Crippen molar-refractivity contribution in [2.75, 3.05) is 5.73 Å². The van der Waals surface area contributed by atoms with E-state index in [2.05, 4.69) is 4.98 Å². The molecule has 0 unspecified atom stereocenters. The fourth-order valence-corrected chi connectivity index (χ4v) is 2.75. The molecule has 0 bridgehead atoms. The van der Waals surface area contributed by atoms with Crippen molar-refractivity contribution < 1.29 is 4.39 Å². The highest BCUT2D eigenvalue weighted by molar-refractivity contribution is 7.21. The zero-order valence-corrected chi connectivity index (χ0v) is 10.5. The van der Waals surface area contributed by atoms with E-state index in [1.54, 1.807) is 18.2 Å². The number of aromatic nitrogens is 1. The number of hydrogen-bond acceptors (Lipinski definition) is 4. The second-order valence-electron chi connectivity index (χ2n) is 4.04. The SMILES string of the molecule is N#Cc1cc(-c2nc3cc(F)ccc3s2)ccc1N.